The Kier molecular flexibility index (Phi) is 7.74. The second kappa shape index (κ2) is 11.1. The summed E-state index contributed by atoms with van der Waals surface area (Å²) in [5, 5.41) is 9.93. The number of piperazine rings is 1. The molecule has 1 atom stereocenters. The maximum Gasteiger partial charge on any atom is 0.410 e. The SMILES string of the molecule is Cc1c(C(=O)O)cc2cc(-c3ccc(N4CCN(C(=O)OC(C)(C)C)CC4)nc3)cn2c1C(C)N1CCOCC1. The van der Waals surface area contributed by atoms with Gasteiger partial charge in [-0.15, -0.1) is 0 Å². The van der Waals surface area contributed by atoms with Crippen LogP contribution in [0.3, 0.4) is 0 Å². The Labute approximate surface area is 235 Å². The lowest BCUT2D eigenvalue weighted by Gasteiger charge is -2.36. The molecule has 3 aromatic heterocycles. The van der Waals surface area contributed by atoms with Crippen LogP contribution in [-0.2, 0) is 9.47 Å². The van der Waals surface area contributed by atoms with Crippen LogP contribution in [0.5, 0.6) is 0 Å². The number of aromatic carboxylic acids is 1. The number of anilines is 1. The Balaban J connectivity index is 1.37. The van der Waals surface area contributed by atoms with Gasteiger partial charge in [-0.25, -0.2) is 14.6 Å². The highest BCUT2D eigenvalue weighted by Gasteiger charge is 2.27. The van der Waals surface area contributed by atoms with E-state index in [-0.39, 0.29) is 12.1 Å². The number of carboxylic acid groups (broad SMARTS) is 1. The van der Waals surface area contributed by atoms with Crippen LogP contribution in [0.2, 0.25) is 0 Å². The van der Waals surface area contributed by atoms with Gasteiger partial charge in [0.25, 0.3) is 0 Å². The fourth-order valence-corrected chi connectivity index (χ4v) is 5.60. The van der Waals surface area contributed by atoms with Crippen molar-refractivity contribution in [1.29, 1.82) is 0 Å². The van der Waals surface area contributed by atoms with E-state index in [2.05, 4.69) is 27.3 Å². The third-order valence-electron chi connectivity index (χ3n) is 7.75. The van der Waals surface area contributed by atoms with Crippen LogP contribution in [0.25, 0.3) is 16.6 Å². The molecule has 5 heterocycles. The number of morpholine rings is 1. The maximum absolute atomic E-state index is 12.4. The van der Waals surface area contributed by atoms with Crippen molar-refractivity contribution in [3.05, 3.63) is 53.5 Å². The van der Waals surface area contributed by atoms with Gasteiger partial charge in [-0.1, -0.05) is 0 Å². The molecule has 214 valence electrons. The number of aromatic nitrogens is 2. The van der Waals surface area contributed by atoms with Gasteiger partial charge in [0.05, 0.1) is 18.8 Å². The van der Waals surface area contributed by atoms with Crippen LogP contribution in [-0.4, -0.2) is 94.4 Å². The number of hydrogen-bond donors (Lipinski definition) is 1. The van der Waals surface area contributed by atoms with E-state index >= 15 is 0 Å². The predicted molar refractivity (Wildman–Crippen MR) is 153 cm³/mol. The number of pyridine rings is 2. The minimum atomic E-state index is -0.920. The smallest absolute Gasteiger partial charge is 0.410 e. The summed E-state index contributed by atoms with van der Waals surface area (Å²) in [6.07, 6.45) is 3.66. The molecule has 0 bridgehead atoms. The number of ether oxygens (including phenoxy) is 2. The minimum Gasteiger partial charge on any atom is -0.478 e. The molecule has 2 aliphatic heterocycles. The third kappa shape index (κ3) is 5.78. The van der Waals surface area contributed by atoms with E-state index in [1.165, 1.54) is 0 Å². The number of nitrogens with zero attached hydrogens (tertiary/aromatic N) is 5. The standard InChI is InChI=1S/C30H39N5O5/c1-20-25(28(36)37)17-24-16-23(19-35(24)27(20)21(2)32-12-14-39-15-13-32)22-6-7-26(31-18-22)33-8-10-34(11-9-33)29(38)40-30(3,4)5/h6-7,16-19,21H,8-15H2,1-5H3,(H,36,37). The van der Waals surface area contributed by atoms with Crippen molar-refractivity contribution in [1.82, 2.24) is 19.2 Å². The van der Waals surface area contributed by atoms with E-state index in [0.29, 0.717) is 45.0 Å². The van der Waals surface area contributed by atoms with Crippen molar-refractivity contribution >= 4 is 23.4 Å². The molecular weight excluding hydrogens is 510 g/mol. The number of carbonyl (C=O) groups excluding carboxylic acids is 1. The average Bonchev–Trinajstić information content (AvgIpc) is 3.36. The number of carboxylic acids is 1. The molecule has 10 nitrogen and oxygen atoms in total. The first-order valence-electron chi connectivity index (χ1n) is 13.9. The molecule has 2 aliphatic rings. The zero-order chi connectivity index (χ0) is 28.6. The monoisotopic (exact) mass is 549 g/mol. The van der Waals surface area contributed by atoms with Crippen molar-refractivity contribution in [2.24, 2.45) is 0 Å². The molecule has 0 saturated carbocycles. The summed E-state index contributed by atoms with van der Waals surface area (Å²) in [4.78, 5) is 35.5. The Morgan fingerprint density at radius 3 is 2.33 bits per heavy atom. The van der Waals surface area contributed by atoms with Crippen molar-refractivity contribution in [2.45, 2.75) is 46.3 Å². The number of hydrogen-bond acceptors (Lipinski definition) is 7. The quantitative estimate of drug-likeness (QED) is 0.498. The molecule has 0 aliphatic carbocycles. The summed E-state index contributed by atoms with van der Waals surface area (Å²) in [7, 11) is 0. The first-order chi connectivity index (χ1) is 19.0. The number of carbonyl (C=O) groups is 2. The van der Waals surface area contributed by atoms with Crippen molar-refractivity contribution < 1.29 is 24.2 Å². The molecule has 0 aromatic carbocycles. The first kappa shape index (κ1) is 27.9. The van der Waals surface area contributed by atoms with Crippen LogP contribution in [0, 0.1) is 6.92 Å². The lowest BCUT2D eigenvalue weighted by atomic mass is 10.0. The van der Waals surface area contributed by atoms with Crippen LogP contribution >= 0.6 is 0 Å². The van der Waals surface area contributed by atoms with Crippen molar-refractivity contribution in [3.8, 4) is 11.1 Å². The lowest BCUT2D eigenvalue weighted by Crippen LogP contribution is -2.50. The minimum absolute atomic E-state index is 0.0331. The molecule has 1 amide bonds. The number of rotatable bonds is 5. The summed E-state index contributed by atoms with van der Waals surface area (Å²) in [6, 6.07) is 7.87. The highest BCUT2D eigenvalue weighted by atomic mass is 16.6. The Bertz CT molecular complexity index is 1380. The Hall–Kier alpha value is -3.63. The van der Waals surface area contributed by atoms with E-state index < -0.39 is 11.6 Å². The molecule has 40 heavy (non-hydrogen) atoms. The molecule has 0 spiro atoms. The third-order valence-corrected chi connectivity index (χ3v) is 7.75. The van der Waals surface area contributed by atoms with Gasteiger partial charge in [0.2, 0.25) is 0 Å². The van der Waals surface area contributed by atoms with Crippen LogP contribution in [0.1, 0.15) is 55.4 Å². The topological polar surface area (TPSA) is 99.8 Å². The molecule has 3 aromatic rings. The van der Waals surface area contributed by atoms with Crippen molar-refractivity contribution in [3.63, 3.8) is 0 Å². The molecule has 0 radical (unpaired) electrons. The highest BCUT2D eigenvalue weighted by Crippen LogP contribution is 2.32. The second-order valence-electron chi connectivity index (χ2n) is 11.6. The fraction of sp³-hybridized carbons (Fsp3) is 0.500. The zero-order valence-corrected chi connectivity index (χ0v) is 24.0. The summed E-state index contributed by atoms with van der Waals surface area (Å²) in [5.41, 5.74) is 4.35. The summed E-state index contributed by atoms with van der Waals surface area (Å²) in [5.74, 6) is -0.0575. The normalized spacial score (nSPS) is 17.7. The van der Waals surface area contributed by atoms with E-state index in [1.54, 1.807) is 11.0 Å². The van der Waals surface area contributed by atoms with Gasteiger partial charge in [0.1, 0.15) is 11.4 Å². The number of amides is 1. The molecule has 10 heteroatoms. The predicted octanol–water partition coefficient (Wildman–Crippen LogP) is 4.46. The van der Waals surface area contributed by atoms with Crippen LogP contribution in [0.4, 0.5) is 10.6 Å². The van der Waals surface area contributed by atoms with E-state index in [9.17, 15) is 14.7 Å². The molecule has 1 N–H and O–H groups in total. The van der Waals surface area contributed by atoms with Gasteiger partial charge >= 0.3 is 12.1 Å². The number of fused-ring (bicyclic) bond motifs is 1. The van der Waals surface area contributed by atoms with Gasteiger partial charge in [0.15, 0.2) is 0 Å². The maximum atomic E-state index is 12.4. The summed E-state index contributed by atoms with van der Waals surface area (Å²) in [6.45, 7) is 15.2. The van der Waals surface area contributed by atoms with Gasteiger partial charge in [-0.05, 0) is 64.4 Å². The zero-order valence-electron chi connectivity index (χ0n) is 24.0. The fourth-order valence-electron chi connectivity index (χ4n) is 5.60. The van der Waals surface area contributed by atoms with E-state index in [0.717, 1.165) is 46.8 Å². The van der Waals surface area contributed by atoms with Crippen molar-refractivity contribution in [2.75, 3.05) is 57.4 Å². The average molecular weight is 550 g/mol. The summed E-state index contributed by atoms with van der Waals surface area (Å²) < 4.78 is 13.2. The lowest BCUT2D eigenvalue weighted by molar-refractivity contribution is 0.0187. The van der Waals surface area contributed by atoms with Gasteiger partial charge in [-0.3, -0.25) is 4.90 Å². The largest absolute Gasteiger partial charge is 0.478 e. The van der Waals surface area contributed by atoms with Gasteiger partial charge in [0, 0.05) is 80.0 Å². The molecule has 1 unspecified atom stereocenters. The Morgan fingerprint density at radius 1 is 1.02 bits per heavy atom. The molecule has 2 fully saturated rings. The van der Waals surface area contributed by atoms with Crippen LogP contribution in [0.15, 0.2) is 36.7 Å². The highest BCUT2D eigenvalue weighted by molar-refractivity contribution is 5.92. The summed E-state index contributed by atoms with van der Waals surface area (Å²) >= 11 is 0. The first-order valence-corrected chi connectivity index (χ1v) is 13.9. The van der Waals surface area contributed by atoms with Crippen LogP contribution < -0.4 is 4.90 Å². The Morgan fingerprint density at radius 2 is 1.73 bits per heavy atom. The second-order valence-corrected chi connectivity index (χ2v) is 11.6. The van der Waals surface area contributed by atoms with E-state index in [1.807, 2.05) is 52.1 Å². The molecule has 5 rings (SSSR count). The molecule has 2 saturated heterocycles. The van der Waals surface area contributed by atoms with E-state index in [4.69, 9.17) is 14.5 Å². The molecular formula is C30H39N5O5. The van der Waals surface area contributed by atoms with Gasteiger partial charge < -0.3 is 28.8 Å². The van der Waals surface area contributed by atoms with Gasteiger partial charge in [-0.2, -0.15) is 0 Å².